The van der Waals surface area contributed by atoms with Gasteiger partial charge < -0.3 is 15.4 Å². The molecule has 4 aromatic rings. The summed E-state index contributed by atoms with van der Waals surface area (Å²) in [5, 5.41) is 6.77. The van der Waals surface area contributed by atoms with Crippen LogP contribution >= 0.6 is 0 Å². The molecular formula is C37H39F2N5O6. The van der Waals surface area contributed by atoms with Gasteiger partial charge in [0, 0.05) is 18.5 Å². The summed E-state index contributed by atoms with van der Waals surface area (Å²) in [7, 11) is 0. The predicted molar refractivity (Wildman–Crippen MR) is 183 cm³/mol. The maximum atomic E-state index is 15.3. The van der Waals surface area contributed by atoms with E-state index in [2.05, 4.69) is 20.9 Å². The molecule has 50 heavy (non-hydrogen) atoms. The van der Waals surface area contributed by atoms with Gasteiger partial charge in [-0.25, -0.2) is 9.78 Å². The summed E-state index contributed by atoms with van der Waals surface area (Å²) >= 11 is 0. The van der Waals surface area contributed by atoms with E-state index in [0.29, 0.717) is 29.5 Å². The van der Waals surface area contributed by atoms with E-state index in [1.165, 1.54) is 0 Å². The second kappa shape index (κ2) is 17.6. The molecule has 4 rings (SSSR count). The molecule has 11 nitrogen and oxygen atoms in total. The molecule has 13 heteroatoms. The van der Waals surface area contributed by atoms with Crippen LogP contribution in [0.3, 0.4) is 0 Å². The number of amides is 3. The fourth-order valence-corrected chi connectivity index (χ4v) is 5.07. The Kier molecular flexibility index (Phi) is 13.1. The van der Waals surface area contributed by atoms with E-state index in [1.807, 2.05) is 19.9 Å². The number of ether oxygens (including phenoxy) is 1. The van der Waals surface area contributed by atoms with Gasteiger partial charge in [-0.1, -0.05) is 104 Å². The second-order valence-corrected chi connectivity index (χ2v) is 11.7. The Morgan fingerprint density at radius 2 is 1.60 bits per heavy atom. The first-order chi connectivity index (χ1) is 24.0. The highest BCUT2D eigenvalue weighted by molar-refractivity contribution is 6.10. The summed E-state index contributed by atoms with van der Waals surface area (Å²) in [4.78, 5) is 69.9. The Labute approximate surface area is 288 Å². The summed E-state index contributed by atoms with van der Waals surface area (Å²) in [6.07, 6.45) is 1.79. The van der Waals surface area contributed by atoms with Crippen LogP contribution in [0.1, 0.15) is 42.9 Å². The predicted octanol–water partition coefficient (Wildman–Crippen LogP) is 5.21. The van der Waals surface area contributed by atoms with Gasteiger partial charge >= 0.3 is 12.0 Å². The number of benzene rings is 3. The minimum absolute atomic E-state index is 0.0346. The van der Waals surface area contributed by atoms with Gasteiger partial charge in [-0.3, -0.25) is 29.1 Å². The number of halogens is 2. The lowest BCUT2D eigenvalue weighted by Crippen LogP contribution is -2.56. The number of nitrogens with zero attached hydrogens (tertiary/aromatic N) is 2. The molecule has 1 aromatic heterocycles. The lowest BCUT2D eigenvalue weighted by Gasteiger charge is -2.23. The van der Waals surface area contributed by atoms with Gasteiger partial charge in [0.15, 0.2) is 0 Å². The highest BCUT2D eigenvalue weighted by Crippen LogP contribution is 2.21. The number of carbonyl (C=O) groups excluding carboxylic acids is 4. The average Bonchev–Trinajstić information content (AvgIpc) is 3.11. The van der Waals surface area contributed by atoms with Crippen molar-refractivity contribution in [3.63, 3.8) is 0 Å². The topological polar surface area (TPSA) is 148 Å². The Hall–Kier alpha value is -5.72. The lowest BCUT2D eigenvalue weighted by molar-refractivity contribution is -0.160. The molecule has 1 atom stereocenters. The smallest absolute Gasteiger partial charge is 0.412 e. The molecule has 3 aromatic carbocycles. The number of hydrogen-bond acceptors (Lipinski definition) is 7. The SMILES string of the molecule is CCCCCNC(=O)C(F)(F)C(=O)C(Cc1ccccc1)NC(=O)Cn1c(-c2cccc(C)c2)ncc(NC(=O)OCc2ccccc2)c1=O. The minimum Gasteiger partial charge on any atom is -0.444 e. The van der Waals surface area contributed by atoms with E-state index in [-0.39, 0.29) is 31.1 Å². The van der Waals surface area contributed by atoms with Crippen LogP contribution in [0, 0.1) is 6.92 Å². The lowest BCUT2D eigenvalue weighted by atomic mass is 9.98. The summed E-state index contributed by atoms with van der Waals surface area (Å²) in [5.41, 5.74) is 1.29. The molecule has 1 heterocycles. The van der Waals surface area contributed by atoms with E-state index in [1.54, 1.807) is 78.9 Å². The quantitative estimate of drug-likeness (QED) is 0.108. The number of aryl methyl sites for hydroxylation is 1. The van der Waals surface area contributed by atoms with Crippen molar-refractivity contribution in [1.29, 1.82) is 0 Å². The zero-order valence-corrected chi connectivity index (χ0v) is 27.8. The van der Waals surface area contributed by atoms with Crippen molar-refractivity contribution in [3.8, 4) is 11.4 Å². The number of nitrogens with one attached hydrogen (secondary N) is 3. The van der Waals surface area contributed by atoms with Gasteiger partial charge in [0.05, 0.1) is 12.2 Å². The van der Waals surface area contributed by atoms with Crippen LogP contribution in [-0.2, 0) is 38.7 Å². The van der Waals surface area contributed by atoms with Crippen molar-refractivity contribution in [3.05, 3.63) is 118 Å². The maximum Gasteiger partial charge on any atom is 0.412 e. The Morgan fingerprint density at radius 3 is 2.26 bits per heavy atom. The largest absolute Gasteiger partial charge is 0.444 e. The van der Waals surface area contributed by atoms with Gasteiger partial charge in [-0.2, -0.15) is 8.78 Å². The van der Waals surface area contributed by atoms with Crippen LogP contribution in [0.25, 0.3) is 11.4 Å². The van der Waals surface area contributed by atoms with Crippen LogP contribution in [-0.4, -0.2) is 51.8 Å². The Morgan fingerprint density at radius 1 is 0.920 bits per heavy atom. The Bertz CT molecular complexity index is 1850. The summed E-state index contributed by atoms with van der Waals surface area (Å²) in [5.74, 6) is -8.96. The number of aromatic nitrogens is 2. The highest BCUT2D eigenvalue weighted by Gasteiger charge is 2.50. The number of hydrogen-bond donors (Lipinski definition) is 3. The normalized spacial score (nSPS) is 11.7. The molecule has 0 fully saturated rings. The zero-order valence-electron chi connectivity index (χ0n) is 27.8. The Balaban J connectivity index is 1.61. The highest BCUT2D eigenvalue weighted by atomic mass is 19.3. The van der Waals surface area contributed by atoms with Crippen LogP contribution in [0.5, 0.6) is 0 Å². The summed E-state index contributed by atoms with van der Waals surface area (Å²) in [6, 6.07) is 22.1. The fourth-order valence-electron chi connectivity index (χ4n) is 5.07. The second-order valence-electron chi connectivity index (χ2n) is 11.7. The number of rotatable bonds is 16. The molecule has 1 unspecified atom stereocenters. The first-order valence-corrected chi connectivity index (χ1v) is 16.2. The van der Waals surface area contributed by atoms with E-state index in [9.17, 15) is 24.0 Å². The monoisotopic (exact) mass is 687 g/mol. The van der Waals surface area contributed by atoms with Crippen LogP contribution in [0.15, 0.2) is 95.9 Å². The van der Waals surface area contributed by atoms with Gasteiger partial charge in [0.2, 0.25) is 11.7 Å². The molecule has 0 spiro atoms. The van der Waals surface area contributed by atoms with Crippen molar-refractivity contribution in [2.45, 2.75) is 64.6 Å². The standard InChI is InChI=1S/C37H39F2N5O6/c1-3-4-11-19-40-35(48)37(38,39)32(46)29(21-26-14-7-5-8-15-26)42-31(45)23-44-33(28-18-12-13-25(2)20-28)41-22-30(34(44)47)43-36(49)50-24-27-16-9-6-10-17-27/h5-10,12-18,20,22,29H,3-4,11,19,21,23-24H2,1-2H3,(H,40,48)(H,42,45)(H,43,49). The zero-order chi connectivity index (χ0) is 36.1. The number of unbranched alkanes of at least 4 members (excludes halogenated alkanes) is 2. The molecular weight excluding hydrogens is 648 g/mol. The maximum absolute atomic E-state index is 15.3. The molecule has 3 amide bonds. The molecule has 3 N–H and O–H groups in total. The van der Waals surface area contributed by atoms with Crippen molar-refractivity contribution >= 4 is 29.4 Å². The molecule has 0 saturated carbocycles. The summed E-state index contributed by atoms with van der Waals surface area (Å²) < 4.78 is 36.7. The van der Waals surface area contributed by atoms with E-state index in [4.69, 9.17) is 4.74 Å². The van der Waals surface area contributed by atoms with Gasteiger partial charge in [0.25, 0.3) is 11.5 Å². The number of carbonyl (C=O) groups is 4. The third-order valence-corrected chi connectivity index (χ3v) is 7.67. The van der Waals surface area contributed by atoms with Gasteiger partial charge in [-0.05, 0) is 30.5 Å². The molecule has 262 valence electrons. The molecule has 0 aliphatic rings. The molecule has 0 bridgehead atoms. The minimum atomic E-state index is -4.45. The first kappa shape index (κ1) is 37.1. The molecule has 0 aliphatic carbocycles. The van der Waals surface area contributed by atoms with E-state index in [0.717, 1.165) is 22.7 Å². The number of ketones is 1. The van der Waals surface area contributed by atoms with Crippen LogP contribution in [0.2, 0.25) is 0 Å². The summed E-state index contributed by atoms with van der Waals surface area (Å²) in [6.45, 7) is 2.86. The molecule has 0 radical (unpaired) electrons. The van der Waals surface area contributed by atoms with Gasteiger partial charge in [0.1, 0.15) is 24.7 Å². The third-order valence-electron chi connectivity index (χ3n) is 7.67. The molecule has 0 aliphatic heterocycles. The van der Waals surface area contributed by atoms with Crippen molar-refractivity contribution in [2.75, 3.05) is 11.9 Å². The van der Waals surface area contributed by atoms with E-state index >= 15 is 8.78 Å². The van der Waals surface area contributed by atoms with Crippen molar-refractivity contribution in [2.24, 2.45) is 0 Å². The number of Topliss-reactive ketones (excluding diaryl/α,β-unsaturated/α-hetero) is 1. The van der Waals surface area contributed by atoms with E-state index < -0.39 is 47.8 Å². The molecule has 0 saturated heterocycles. The first-order valence-electron chi connectivity index (χ1n) is 16.2. The van der Waals surface area contributed by atoms with Crippen molar-refractivity contribution in [1.82, 2.24) is 20.2 Å². The number of alkyl halides is 2. The average molecular weight is 688 g/mol. The van der Waals surface area contributed by atoms with Crippen LogP contribution in [0.4, 0.5) is 19.3 Å². The van der Waals surface area contributed by atoms with Crippen LogP contribution < -0.4 is 21.5 Å². The fraction of sp³-hybridized carbons (Fsp3) is 0.297. The van der Waals surface area contributed by atoms with Gasteiger partial charge in [-0.15, -0.1) is 0 Å². The number of anilines is 1. The van der Waals surface area contributed by atoms with Crippen molar-refractivity contribution < 1.29 is 32.7 Å². The third kappa shape index (κ3) is 10.1.